The van der Waals surface area contributed by atoms with Crippen LogP contribution in [0.4, 0.5) is 10.5 Å². The van der Waals surface area contributed by atoms with E-state index < -0.39 is 0 Å². The van der Waals surface area contributed by atoms with Crippen molar-refractivity contribution in [2.24, 2.45) is 0 Å². The van der Waals surface area contributed by atoms with Crippen LogP contribution in [0.5, 0.6) is 0 Å². The number of nitrogens with one attached hydrogen (secondary N) is 2. The van der Waals surface area contributed by atoms with Crippen molar-refractivity contribution in [2.45, 2.75) is 13.5 Å². The van der Waals surface area contributed by atoms with E-state index in [4.69, 9.17) is 0 Å². The topological polar surface area (TPSA) is 81.8 Å². The summed E-state index contributed by atoms with van der Waals surface area (Å²) in [5, 5.41) is 5.60. The van der Waals surface area contributed by atoms with Gasteiger partial charge in [-0.05, 0) is 36.8 Å². The first-order valence-corrected chi connectivity index (χ1v) is 10.1. The average molecular weight is 459 g/mol. The second-order valence-electron chi connectivity index (χ2n) is 6.94. The highest BCUT2D eigenvalue weighted by Gasteiger charge is 2.28. The van der Waals surface area contributed by atoms with Crippen LogP contribution in [0.3, 0.4) is 0 Å². The molecular weight excluding hydrogens is 436 g/mol. The molecule has 7 nitrogen and oxygen atoms in total. The first-order chi connectivity index (χ1) is 13.9. The summed E-state index contributed by atoms with van der Waals surface area (Å²) in [6.07, 6.45) is 0. The minimum Gasteiger partial charge on any atom is -0.350 e. The Balaban J connectivity index is 1.44. The Morgan fingerprint density at radius 3 is 2.38 bits per heavy atom. The standard InChI is InChI=1S/C21H23BrN4O3/c1-15-2-4-16(5-3-15)12-23-19(27)13-25-10-11-26(14-20(25)28)21(29)24-18-8-6-17(22)7-9-18/h2-9H,10-14H2,1H3,(H,23,27)(H,24,29). The van der Waals surface area contributed by atoms with Crippen LogP contribution in [-0.4, -0.2) is 53.8 Å². The van der Waals surface area contributed by atoms with Crippen LogP contribution in [0, 0.1) is 6.92 Å². The summed E-state index contributed by atoms with van der Waals surface area (Å²) in [7, 11) is 0. The van der Waals surface area contributed by atoms with E-state index in [-0.39, 0.29) is 30.9 Å². The summed E-state index contributed by atoms with van der Waals surface area (Å²) in [6, 6.07) is 14.8. The van der Waals surface area contributed by atoms with Crippen LogP contribution in [0.25, 0.3) is 0 Å². The van der Waals surface area contributed by atoms with E-state index in [9.17, 15) is 14.4 Å². The van der Waals surface area contributed by atoms with Crippen molar-refractivity contribution in [1.29, 1.82) is 0 Å². The number of nitrogens with zero attached hydrogens (tertiary/aromatic N) is 2. The highest BCUT2D eigenvalue weighted by molar-refractivity contribution is 9.10. The number of amides is 4. The molecular formula is C21H23BrN4O3. The van der Waals surface area contributed by atoms with Crippen LogP contribution >= 0.6 is 15.9 Å². The van der Waals surface area contributed by atoms with Crippen molar-refractivity contribution in [3.63, 3.8) is 0 Å². The number of benzene rings is 2. The van der Waals surface area contributed by atoms with Gasteiger partial charge in [0.2, 0.25) is 11.8 Å². The molecule has 0 aromatic heterocycles. The average Bonchev–Trinajstić information content (AvgIpc) is 2.71. The van der Waals surface area contributed by atoms with Crippen LogP contribution in [-0.2, 0) is 16.1 Å². The fourth-order valence-electron chi connectivity index (χ4n) is 2.92. The lowest BCUT2D eigenvalue weighted by Gasteiger charge is -2.33. The number of carbonyl (C=O) groups excluding carboxylic acids is 3. The van der Waals surface area contributed by atoms with Crippen molar-refractivity contribution in [1.82, 2.24) is 15.1 Å². The van der Waals surface area contributed by atoms with E-state index in [0.29, 0.717) is 25.3 Å². The zero-order valence-electron chi connectivity index (χ0n) is 16.2. The van der Waals surface area contributed by atoms with Gasteiger partial charge in [-0.2, -0.15) is 0 Å². The second-order valence-corrected chi connectivity index (χ2v) is 7.85. The Bertz CT molecular complexity index is 884. The summed E-state index contributed by atoms with van der Waals surface area (Å²) >= 11 is 3.34. The van der Waals surface area contributed by atoms with E-state index in [1.807, 2.05) is 43.3 Å². The number of halogens is 1. The third kappa shape index (κ3) is 6.05. The number of rotatable bonds is 5. The van der Waals surface area contributed by atoms with Crippen molar-refractivity contribution in [2.75, 3.05) is 31.5 Å². The normalized spacial score (nSPS) is 13.9. The molecule has 0 bridgehead atoms. The molecule has 2 aromatic carbocycles. The first kappa shape index (κ1) is 20.9. The highest BCUT2D eigenvalue weighted by Crippen LogP contribution is 2.15. The lowest BCUT2D eigenvalue weighted by atomic mass is 10.1. The fraction of sp³-hybridized carbons (Fsp3) is 0.286. The molecule has 2 aromatic rings. The molecule has 1 heterocycles. The molecule has 0 spiro atoms. The summed E-state index contributed by atoms with van der Waals surface area (Å²) in [4.78, 5) is 39.8. The fourth-order valence-corrected chi connectivity index (χ4v) is 3.18. The van der Waals surface area contributed by atoms with E-state index in [2.05, 4.69) is 26.6 Å². The lowest BCUT2D eigenvalue weighted by molar-refractivity contribution is -0.139. The predicted octanol–water partition coefficient (Wildman–Crippen LogP) is 2.75. The van der Waals surface area contributed by atoms with Crippen LogP contribution in [0.1, 0.15) is 11.1 Å². The quantitative estimate of drug-likeness (QED) is 0.722. The van der Waals surface area contributed by atoms with Gasteiger partial charge in [-0.25, -0.2) is 4.79 Å². The maximum absolute atomic E-state index is 12.4. The Hall–Kier alpha value is -2.87. The molecule has 1 aliphatic heterocycles. The van der Waals surface area contributed by atoms with Gasteiger partial charge in [-0.3, -0.25) is 9.59 Å². The van der Waals surface area contributed by atoms with Gasteiger partial charge in [0.05, 0.1) is 6.54 Å². The first-order valence-electron chi connectivity index (χ1n) is 9.32. The number of hydrogen-bond acceptors (Lipinski definition) is 3. The smallest absolute Gasteiger partial charge is 0.322 e. The number of piperazine rings is 1. The molecule has 1 fully saturated rings. The molecule has 0 unspecified atom stereocenters. The van der Waals surface area contributed by atoms with Crippen LogP contribution in [0.2, 0.25) is 0 Å². The molecule has 0 aliphatic carbocycles. The maximum atomic E-state index is 12.4. The van der Waals surface area contributed by atoms with Crippen molar-refractivity contribution in [3.05, 3.63) is 64.1 Å². The van der Waals surface area contributed by atoms with Crippen LogP contribution < -0.4 is 10.6 Å². The molecule has 152 valence electrons. The Morgan fingerprint density at radius 2 is 1.72 bits per heavy atom. The second kappa shape index (κ2) is 9.56. The lowest BCUT2D eigenvalue weighted by Crippen LogP contribution is -2.55. The zero-order valence-corrected chi connectivity index (χ0v) is 17.7. The minimum atomic E-state index is -0.329. The van der Waals surface area contributed by atoms with E-state index in [0.717, 1.165) is 15.6 Å². The third-order valence-electron chi connectivity index (χ3n) is 4.65. The molecule has 0 saturated carbocycles. The van der Waals surface area contributed by atoms with Crippen molar-refractivity contribution < 1.29 is 14.4 Å². The number of hydrogen-bond donors (Lipinski definition) is 2. The van der Waals surface area contributed by atoms with Crippen molar-refractivity contribution >= 4 is 39.5 Å². The highest BCUT2D eigenvalue weighted by atomic mass is 79.9. The van der Waals surface area contributed by atoms with Crippen molar-refractivity contribution in [3.8, 4) is 0 Å². The van der Waals surface area contributed by atoms with Gasteiger partial charge in [0, 0.05) is 29.8 Å². The molecule has 0 atom stereocenters. The molecule has 1 aliphatic rings. The Morgan fingerprint density at radius 1 is 1.03 bits per heavy atom. The van der Waals surface area contributed by atoms with Crippen LogP contribution in [0.15, 0.2) is 53.0 Å². The number of anilines is 1. The molecule has 0 radical (unpaired) electrons. The van der Waals surface area contributed by atoms with Gasteiger partial charge in [0.15, 0.2) is 0 Å². The van der Waals surface area contributed by atoms with Gasteiger partial charge in [0.1, 0.15) is 6.54 Å². The number of urea groups is 1. The van der Waals surface area contributed by atoms with E-state index in [1.54, 1.807) is 12.1 Å². The third-order valence-corrected chi connectivity index (χ3v) is 5.17. The summed E-state index contributed by atoms with van der Waals surface area (Å²) in [5.74, 6) is -0.459. The van der Waals surface area contributed by atoms with Gasteiger partial charge >= 0.3 is 6.03 Å². The predicted molar refractivity (Wildman–Crippen MR) is 114 cm³/mol. The summed E-state index contributed by atoms with van der Waals surface area (Å²) < 4.78 is 0.917. The Labute approximate surface area is 178 Å². The SMILES string of the molecule is Cc1ccc(CNC(=O)CN2CCN(C(=O)Nc3ccc(Br)cc3)CC2=O)cc1. The zero-order chi connectivity index (χ0) is 20.8. The van der Waals surface area contributed by atoms with E-state index in [1.165, 1.54) is 9.80 Å². The van der Waals surface area contributed by atoms with Gasteiger partial charge < -0.3 is 20.4 Å². The molecule has 3 rings (SSSR count). The van der Waals surface area contributed by atoms with Gasteiger partial charge in [-0.1, -0.05) is 45.8 Å². The Kier molecular flexibility index (Phi) is 6.87. The molecule has 4 amide bonds. The molecule has 29 heavy (non-hydrogen) atoms. The number of carbonyl (C=O) groups is 3. The van der Waals surface area contributed by atoms with Gasteiger partial charge in [0.25, 0.3) is 0 Å². The molecule has 8 heteroatoms. The minimum absolute atomic E-state index is 0.00708. The van der Waals surface area contributed by atoms with Gasteiger partial charge in [-0.15, -0.1) is 0 Å². The monoisotopic (exact) mass is 458 g/mol. The maximum Gasteiger partial charge on any atom is 0.322 e. The molecule has 1 saturated heterocycles. The summed E-state index contributed by atoms with van der Waals surface area (Å²) in [6.45, 7) is 3.07. The summed E-state index contributed by atoms with van der Waals surface area (Å²) in [5.41, 5.74) is 2.82. The molecule has 2 N–H and O–H groups in total. The van der Waals surface area contributed by atoms with E-state index >= 15 is 0 Å². The largest absolute Gasteiger partial charge is 0.350 e. The number of aryl methyl sites for hydroxylation is 1.